The molecule has 1 amide bonds. The van der Waals surface area contributed by atoms with Crippen LogP contribution in [0.15, 0.2) is 36.7 Å². The molecule has 31 heavy (non-hydrogen) atoms. The third-order valence-electron chi connectivity index (χ3n) is 6.95. The number of hydrogen-bond acceptors (Lipinski definition) is 4. The van der Waals surface area contributed by atoms with Crippen molar-refractivity contribution >= 4 is 37.2 Å². The number of halogens is 1. The van der Waals surface area contributed by atoms with Crippen LogP contribution in [0, 0.1) is 0 Å². The first kappa shape index (κ1) is 22.3. The molecule has 0 aliphatic carbocycles. The van der Waals surface area contributed by atoms with E-state index in [-0.39, 0.29) is 17.0 Å². The topological polar surface area (TPSA) is 45.7 Å². The number of carbonyl (C=O) groups excluding carboxylic acids is 1. The second-order valence-electron chi connectivity index (χ2n) is 10.1. The molecular weight excluding hydrogens is 426 g/mol. The third kappa shape index (κ3) is 4.52. The minimum absolute atomic E-state index is 0.0115. The Morgan fingerprint density at radius 3 is 2.61 bits per heavy atom. The summed E-state index contributed by atoms with van der Waals surface area (Å²) in [6, 6.07) is 7.59. The van der Waals surface area contributed by atoms with Gasteiger partial charge in [-0.15, -0.1) is 0 Å². The second-order valence-corrected chi connectivity index (χ2v) is 15.3. The minimum atomic E-state index is -1.79. The van der Waals surface area contributed by atoms with Gasteiger partial charge in [0, 0.05) is 30.2 Å². The number of pyridine rings is 1. The molecule has 4 rings (SSSR count). The van der Waals surface area contributed by atoms with Crippen LogP contribution in [-0.4, -0.2) is 44.9 Å². The molecule has 2 aliphatic heterocycles. The van der Waals surface area contributed by atoms with Gasteiger partial charge < -0.3 is 14.2 Å². The summed E-state index contributed by atoms with van der Waals surface area (Å²) in [4.78, 5) is 21.7. The van der Waals surface area contributed by atoms with Gasteiger partial charge in [0.2, 0.25) is 0 Å². The number of aromatic nitrogens is 1. The fourth-order valence-corrected chi connectivity index (χ4v) is 5.67. The number of rotatable bonds is 4. The Bertz CT molecular complexity index is 989. The van der Waals surface area contributed by atoms with E-state index in [4.69, 9.17) is 16.0 Å². The maximum atomic E-state index is 13.1. The largest absolute Gasteiger partial charge is 0.412 e. The number of anilines is 2. The van der Waals surface area contributed by atoms with Crippen LogP contribution in [0.1, 0.15) is 43.1 Å². The van der Waals surface area contributed by atoms with Gasteiger partial charge in [-0.2, -0.15) is 0 Å². The summed E-state index contributed by atoms with van der Waals surface area (Å²) >= 11 is 6.10. The predicted octanol–water partition coefficient (Wildman–Crippen LogP) is 5.54. The number of fused-ring (bicyclic) bond motifs is 1. The molecule has 2 aromatic rings. The van der Waals surface area contributed by atoms with Crippen molar-refractivity contribution < 1.29 is 9.22 Å². The quantitative estimate of drug-likeness (QED) is 0.565. The lowest BCUT2D eigenvalue weighted by Gasteiger charge is -2.38. The van der Waals surface area contributed by atoms with Gasteiger partial charge in [0.15, 0.2) is 8.32 Å². The number of benzene rings is 1. The lowest BCUT2D eigenvalue weighted by molar-refractivity contribution is 0.0980. The summed E-state index contributed by atoms with van der Waals surface area (Å²) in [5, 5.41) is 0.879. The van der Waals surface area contributed by atoms with Crippen LogP contribution < -0.4 is 9.80 Å². The predicted molar refractivity (Wildman–Crippen MR) is 130 cm³/mol. The molecule has 166 valence electrons. The zero-order valence-corrected chi connectivity index (χ0v) is 20.9. The van der Waals surface area contributed by atoms with Crippen LogP contribution in [0.5, 0.6) is 0 Å². The monoisotopic (exact) mass is 457 g/mol. The van der Waals surface area contributed by atoms with E-state index in [1.807, 2.05) is 23.2 Å². The Morgan fingerprint density at radius 2 is 1.87 bits per heavy atom. The fraction of sp³-hybridized carbons (Fsp3) is 0.500. The number of carbonyl (C=O) groups is 1. The third-order valence-corrected chi connectivity index (χ3v) is 11.7. The lowest BCUT2D eigenvalue weighted by atomic mass is 9.99. The van der Waals surface area contributed by atoms with E-state index >= 15 is 0 Å². The highest BCUT2D eigenvalue weighted by molar-refractivity contribution is 6.74. The molecule has 0 N–H and O–H groups in total. The van der Waals surface area contributed by atoms with Crippen molar-refractivity contribution in [1.82, 2.24) is 4.98 Å². The van der Waals surface area contributed by atoms with Gasteiger partial charge in [-0.3, -0.25) is 9.78 Å². The van der Waals surface area contributed by atoms with Gasteiger partial charge in [-0.1, -0.05) is 32.4 Å². The van der Waals surface area contributed by atoms with Gasteiger partial charge >= 0.3 is 0 Å². The van der Waals surface area contributed by atoms with Crippen molar-refractivity contribution in [3.05, 3.63) is 52.8 Å². The highest BCUT2D eigenvalue weighted by atomic mass is 35.5. The molecular formula is C24H32ClN3O2Si. The Morgan fingerprint density at radius 1 is 1.13 bits per heavy atom. The standard InChI is InChI=1S/C24H32ClN3O2Si/c1-24(2,3)31(4,5)30-21-9-10-27(16-21)19-13-20(15-26-14-19)28-11-8-17-12-18(25)6-7-22(17)23(28)29/h6-7,12-15,21H,8-11,16H2,1-5H3/t21-/m1/s1. The molecule has 0 saturated carbocycles. The summed E-state index contributed by atoms with van der Waals surface area (Å²) in [6.45, 7) is 13.9. The first-order chi connectivity index (χ1) is 14.5. The molecule has 0 bridgehead atoms. The highest BCUT2D eigenvalue weighted by Crippen LogP contribution is 2.39. The van der Waals surface area contributed by atoms with Gasteiger partial charge in [-0.05, 0) is 60.8 Å². The molecule has 1 saturated heterocycles. The van der Waals surface area contributed by atoms with Crippen molar-refractivity contribution in [2.75, 3.05) is 29.4 Å². The minimum Gasteiger partial charge on any atom is -0.412 e. The molecule has 3 heterocycles. The summed E-state index contributed by atoms with van der Waals surface area (Å²) < 4.78 is 6.63. The van der Waals surface area contributed by atoms with Crippen molar-refractivity contribution in [3.8, 4) is 0 Å². The molecule has 1 fully saturated rings. The van der Waals surface area contributed by atoms with Gasteiger partial charge in [-0.25, -0.2) is 0 Å². The van der Waals surface area contributed by atoms with E-state index in [1.54, 1.807) is 12.3 Å². The Hall–Kier alpha value is -1.89. The first-order valence-electron chi connectivity index (χ1n) is 11.0. The average Bonchev–Trinajstić information content (AvgIpc) is 3.15. The van der Waals surface area contributed by atoms with Gasteiger partial charge in [0.1, 0.15) is 0 Å². The molecule has 1 atom stereocenters. The van der Waals surface area contributed by atoms with E-state index in [0.717, 1.165) is 48.4 Å². The van der Waals surface area contributed by atoms with Crippen LogP contribution >= 0.6 is 11.6 Å². The van der Waals surface area contributed by atoms with Crippen molar-refractivity contribution in [3.63, 3.8) is 0 Å². The molecule has 1 aromatic carbocycles. The Labute approximate surface area is 191 Å². The molecule has 0 spiro atoms. The molecule has 1 aromatic heterocycles. The smallest absolute Gasteiger partial charge is 0.258 e. The normalized spacial score (nSPS) is 19.7. The number of amides is 1. The van der Waals surface area contributed by atoms with Crippen LogP contribution in [0.3, 0.4) is 0 Å². The zero-order valence-electron chi connectivity index (χ0n) is 19.1. The fourth-order valence-electron chi connectivity index (χ4n) is 4.09. The molecule has 5 nitrogen and oxygen atoms in total. The second kappa shape index (κ2) is 8.23. The number of hydrogen-bond donors (Lipinski definition) is 0. The summed E-state index contributed by atoms with van der Waals surface area (Å²) in [5.41, 5.74) is 3.64. The van der Waals surface area contributed by atoms with E-state index in [2.05, 4.69) is 49.8 Å². The first-order valence-corrected chi connectivity index (χ1v) is 14.3. The van der Waals surface area contributed by atoms with Gasteiger partial charge in [0.05, 0.1) is 29.9 Å². The Kier molecular flexibility index (Phi) is 5.92. The van der Waals surface area contributed by atoms with Crippen molar-refractivity contribution in [1.29, 1.82) is 0 Å². The lowest BCUT2D eigenvalue weighted by Crippen LogP contribution is -2.44. The summed E-state index contributed by atoms with van der Waals surface area (Å²) in [7, 11) is -1.79. The Balaban J connectivity index is 1.48. The maximum absolute atomic E-state index is 13.1. The molecule has 2 aliphatic rings. The van der Waals surface area contributed by atoms with Crippen molar-refractivity contribution in [2.24, 2.45) is 0 Å². The summed E-state index contributed by atoms with van der Waals surface area (Å²) in [5.74, 6) is 0.0115. The number of nitrogens with zero attached hydrogens (tertiary/aromatic N) is 3. The highest BCUT2D eigenvalue weighted by Gasteiger charge is 2.40. The summed E-state index contributed by atoms with van der Waals surface area (Å²) in [6.07, 6.45) is 5.73. The molecule has 7 heteroatoms. The van der Waals surface area contributed by atoms with Gasteiger partial charge in [0.25, 0.3) is 5.91 Å². The zero-order chi connectivity index (χ0) is 22.4. The molecule has 0 radical (unpaired) electrons. The molecule has 0 unspecified atom stereocenters. The van der Waals surface area contributed by atoms with E-state index < -0.39 is 8.32 Å². The maximum Gasteiger partial charge on any atom is 0.258 e. The van der Waals surface area contributed by atoms with Crippen molar-refractivity contribution in [2.45, 2.75) is 57.8 Å². The average molecular weight is 458 g/mol. The SMILES string of the molecule is CC(C)(C)[Si](C)(C)O[C@@H]1CCN(c2cncc(N3CCc4cc(Cl)ccc4C3=O)c2)C1. The van der Waals surface area contributed by atoms with E-state index in [1.165, 1.54) is 0 Å². The van der Waals surface area contributed by atoms with Crippen LogP contribution in [0.25, 0.3) is 0 Å². The van der Waals surface area contributed by atoms with E-state index in [0.29, 0.717) is 11.6 Å². The van der Waals surface area contributed by atoms with Crippen LogP contribution in [0.2, 0.25) is 23.2 Å². The van der Waals surface area contributed by atoms with Crippen LogP contribution in [0.4, 0.5) is 11.4 Å². The van der Waals surface area contributed by atoms with Crippen LogP contribution in [-0.2, 0) is 10.8 Å². The van der Waals surface area contributed by atoms with E-state index in [9.17, 15) is 4.79 Å².